The molecule has 0 heterocycles. The Morgan fingerprint density at radius 2 is 1.94 bits per heavy atom. The Kier molecular flexibility index (Phi) is 6.67. The lowest BCUT2D eigenvalue weighted by Crippen LogP contribution is -2.30. The lowest BCUT2D eigenvalue weighted by Gasteiger charge is -2.25. The number of rotatable bonds is 8. The van der Waals surface area contributed by atoms with Crippen LogP contribution >= 0.6 is 0 Å². The molecule has 3 N–H and O–H groups in total. The average molecular weight is 236 g/mol. The summed E-state index contributed by atoms with van der Waals surface area (Å²) in [4.78, 5) is 2.32. The molecule has 0 aliphatic rings. The Morgan fingerprint density at radius 1 is 1.24 bits per heavy atom. The maximum absolute atomic E-state index is 9.53. The fourth-order valence-corrected chi connectivity index (χ4v) is 1.78. The molecule has 0 aliphatic carbocycles. The number of anilines is 1. The van der Waals surface area contributed by atoms with Gasteiger partial charge in [0.25, 0.3) is 0 Å². The molecular weight excluding hydrogens is 212 g/mol. The summed E-state index contributed by atoms with van der Waals surface area (Å²) < 4.78 is 0. The third-order valence-corrected chi connectivity index (χ3v) is 2.91. The van der Waals surface area contributed by atoms with Gasteiger partial charge in [-0.1, -0.05) is 31.5 Å². The summed E-state index contributed by atoms with van der Waals surface area (Å²) in [6.07, 6.45) is 2.70. The zero-order valence-electron chi connectivity index (χ0n) is 10.7. The summed E-state index contributed by atoms with van der Waals surface area (Å²) in [5, 5.41) is 9.53. The summed E-state index contributed by atoms with van der Waals surface area (Å²) in [7, 11) is 0. The Labute approximate surface area is 104 Å². The Bertz CT molecular complexity index is 290. The fourth-order valence-electron chi connectivity index (χ4n) is 1.78. The fraction of sp³-hybridized carbons (Fsp3) is 0.571. The highest BCUT2D eigenvalue weighted by Crippen LogP contribution is 2.14. The molecule has 1 aromatic carbocycles. The largest absolute Gasteiger partial charge is 0.392 e. The summed E-state index contributed by atoms with van der Waals surface area (Å²) in [6.45, 7) is 4.44. The van der Waals surface area contributed by atoms with Gasteiger partial charge in [-0.15, -0.1) is 0 Å². The van der Waals surface area contributed by atoms with Gasteiger partial charge in [0.15, 0.2) is 0 Å². The molecular formula is C14H24N2O. The van der Waals surface area contributed by atoms with E-state index >= 15 is 0 Å². The zero-order valence-corrected chi connectivity index (χ0v) is 10.7. The van der Waals surface area contributed by atoms with E-state index < -0.39 is 0 Å². The van der Waals surface area contributed by atoms with E-state index in [1.807, 2.05) is 18.2 Å². The maximum atomic E-state index is 9.53. The minimum atomic E-state index is -0.386. The van der Waals surface area contributed by atoms with Crippen LogP contribution in [0.15, 0.2) is 30.3 Å². The SMILES string of the molecule is CCCCN(CCC(O)CN)c1ccccc1. The first-order valence-corrected chi connectivity index (χ1v) is 6.46. The van der Waals surface area contributed by atoms with Crippen molar-refractivity contribution in [2.24, 2.45) is 5.73 Å². The van der Waals surface area contributed by atoms with Crippen LogP contribution in [0.5, 0.6) is 0 Å². The predicted octanol–water partition coefficient (Wildman–Crippen LogP) is 2.00. The Balaban J connectivity index is 2.54. The van der Waals surface area contributed by atoms with Gasteiger partial charge in [0.05, 0.1) is 6.10 Å². The molecule has 1 aromatic rings. The first-order valence-electron chi connectivity index (χ1n) is 6.46. The van der Waals surface area contributed by atoms with E-state index in [-0.39, 0.29) is 6.10 Å². The van der Waals surface area contributed by atoms with Crippen molar-refractivity contribution in [2.45, 2.75) is 32.3 Å². The van der Waals surface area contributed by atoms with Crippen molar-refractivity contribution in [3.05, 3.63) is 30.3 Å². The van der Waals surface area contributed by atoms with Crippen molar-refractivity contribution in [3.8, 4) is 0 Å². The van der Waals surface area contributed by atoms with E-state index in [9.17, 15) is 5.11 Å². The quantitative estimate of drug-likeness (QED) is 0.726. The molecule has 0 spiro atoms. The van der Waals surface area contributed by atoms with E-state index in [1.165, 1.54) is 18.5 Å². The number of aliphatic hydroxyl groups is 1. The molecule has 0 fully saturated rings. The van der Waals surface area contributed by atoms with Gasteiger partial charge in [-0.3, -0.25) is 0 Å². The lowest BCUT2D eigenvalue weighted by atomic mass is 10.2. The van der Waals surface area contributed by atoms with Crippen molar-refractivity contribution < 1.29 is 5.11 Å². The number of benzene rings is 1. The number of unbranched alkanes of at least 4 members (excludes halogenated alkanes) is 1. The van der Waals surface area contributed by atoms with Crippen LogP contribution < -0.4 is 10.6 Å². The van der Waals surface area contributed by atoms with Crippen LogP contribution in [0.4, 0.5) is 5.69 Å². The molecule has 96 valence electrons. The number of nitrogens with zero attached hydrogens (tertiary/aromatic N) is 1. The van der Waals surface area contributed by atoms with Gasteiger partial charge in [0.2, 0.25) is 0 Å². The second kappa shape index (κ2) is 8.09. The molecule has 0 aromatic heterocycles. The molecule has 3 heteroatoms. The average Bonchev–Trinajstić information content (AvgIpc) is 2.39. The van der Waals surface area contributed by atoms with Crippen LogP contribution in [-0.4, -0.2) is 30.8 Å². The third kappa shape index (κ3) is 5.20. The van der Waals surface area contributed by atoms with Crippen molar-refractivity contribution in [1.82, 2.24) is 0 Å². The van der Waals surface area contributed by atoms with Crippen molar-refractivity contribution in [3.63, 3.8) is 0 Å². The number of hydrogen-bond donors (Lipinski definition) is 2. The van der Waals surface area contributed by atoms with E-state index in [1.54, 1.807) is 0 Å². The first kappa shape index (κ1) is 14.0. The Hall–Kier alpha value is -1.06. The van der Waals surface area contributed by atoms with Crippen LogP contribution in [0.3, 0.4) is 0 Å². The lowest BCUT2D eigenvalue weighted by molar-refractivity contribution is 0.174. The highest BCUT2D eigenvalue weighted by atomic mass is 16.3. The van der Waals surface area contributed by atoms with Crippen molar-refractivity contribution >= 4 is 5.69 Å². The summed E-state index contributed by atoms with van der Waals surface area (Å²) in [6, 6.07) is 10.4. The molecule has 0 saturated carbocycles. The number of aliphatic hydroxyl groups excluding tert-OH is 1. The predicted molar refractivity (Wildman–Crippen MR) is 73.2 cm³/mol. The van der Waals surface area contributed by atoms with Crippen LogP contribution in [0.2, 0.25) is 0 Å². The van der Waals surface area contributed by atoms with Gasteiger partial charge in [0.1, 0.15) is 0 Å². The first-order chi connectivity index (χ1) is 8.27. The zero-order chi connectivity index (χ0) is 12.5. The molecule has 0 bridgehead atoms. The monoisotopic (exact) mass is 236 g/mol. The van der Waals surface area contributed by atoms with Crippen molar-refractivity contribution in [2.75, 3.05) is 24.5 Å². The second-order valence-corrected chi connectivity index (χ2v) is 4.35. The molecule has 0 aliphatic heterocycles. The summed E-state index contributed by atoms with van der Waals surface area (Å²) in [5.41, 5.74) is 6.66. The third-order valence-electron chi connectivity index (χ3n) is 2.91. The molecule has 3 nitrogen and oxygen atoms in total. The molecule has 1 atom stereocenters. The van der Waals surface area contributed by atoms with Gasteiger partial charge < -0.3 is 15.7 Å². The number of para-hydroxylation sites is 1. The highest BCUT2D eigenvalue weighted by molar-refractivity contribution is 5.45. The highest BCUT2D eigenvalue weighted by Gasteiger charge is 2.08. The number of nitrogens with two attached hydrogens (primary N) is 1. The molecule has 17 heavy (non-hydrogen) atoms. The van der Waals surface area contributed by atoms with E-state index in [4.69, 9.17) is 5.73 Å². The molecule has 1 rings (SSSR count). The molecule has 1 unspecified atom stereocenters. The van der Waals surface area contributed by atoms with Crippen LogP contribution in [-0.2, 0) is 0 Å². The normalized spacial score (nSPS) is 12.4. The molecule has 0 radical (unpaired) electrons. The van der Waals surface area contributed by atoms with Gasteiger partial charge in [-0.25, -0.2) is 0 Å². The second-order valence-electron chi connectivity index (χ2n) is 4.35. The van der Waals surface area contributed by atoms with Crippen molar-refractivity contribution in [1.29, 1.82) is 0 Å². The van der Waals surface area contributed by atoms with Crippen LogP contribution in [0, 0.1) is 0 Å². The topological polar surface area (TPSA) is 49.5 Å². The summed E-state index contributed by atoms with van der Waals surface area (Å²) in [5.74, 6) is 0. The standard InChI is InChI=1S/C14H24N2O/c1-2-3-10-16(11-9-14(17)12-15)13-7-5-4-6-8-13/h4-8,14,17H,2-3,9-12,15H2,1H3. The van der Waals surface area contributed by atoms with E-state index in [0.29, 0.717) is 6.54 Å². The molecule has 0 saturated heterocycles. The smallest absolute Gasteiger partial charge is 0.0679 e. The van der Waals surface area contributed by atoms with Gasteiger partial charge >= 0.3 is 0 Å². The summed E-state index contributed by atoms with van der Waals surface area (Å²) >= 11 is 0. The molecule has 0 amide bonds. The van der Waals surface area contributed by atoms with E-state index in [2.05, 4.69) is 24.0 Å². The number of hydrogen-bond acceptors (Lipinski definition) is 3. The van der Waals surface area contributed by atoms with E-state index in [0.717, 1.165) is 19.5 Å². The van der Waals surface area contributed by atoms with Gasteiger partial charge in [-0.2, -0.15) is 0 Å². The Morgan fingerprint density at radius 3 is 2.53 bits per heavy atom. The van der Waals surface area contributed by atoms with Crippen LogP contribution in [0.25, 0.3) is 0 Å². The maximum Gasteiger partial charge on any atom is 0.0679 e. The van der Waals surface area contributed by atoms with Gasteiger partial charge in [0, 0.05) is 25.3 Å². The van der Waals surface area contributed by atoms with Crippen LogP contribution in [0.1, 0.15) is 26.2 Å². The minimum absolute atomic E-state index is 0.344. The van der Waals surface area contributed by atoms with Gasteiger partial charge in [-0.05, 0) is 25.0 Å². The minimum Gasteiger partial charge on any atom is -0.392 e.